The Morgan fingerprint density at radius 2 is 2.05 bits per heavy atom. The van der Waals surface area contributed by atoms with Crippen molar-refractivity contribution >= 4 is 40.0 Å². The second kappa shape index (κ2) is 9.89. The third-order valence-electron chi connectivity index (χ3n) is 2.93. The second-order valence-electron chi connectivity index (χ2n) is 5.23. The van der Waals surface area contributed by atoms with Crippen molar-refractivity contribution in [2.24, 2.45) is 0 Å². The maximum absolute atomic E-state index is 12.1. The Balaban J connectivity index is 2.40. The van der Waals surface area contributed by atoms with E-state index in [1.807, 2.05) is 25.6 Å². The van der Waals surface area contributed by atoms with Crippen molar-refractivity contribution in [1.29, 1.82) is 0 Å². The van der Waals surface area contributed by atoms with Gasteiger partial charge >= 0.3 is 0 Å². The largest absolute Gasteiger partial charge is 0.382 e. The number of carbonyl (C=O) groups excluding carboxylic acids is 1. The van der Waals surface area contributed by atoms with Gasteiger partial charge in [-0.25, -0.2) is 0 Å². The van der Waals surface area contributed by atoms with Crippen molar-refractivity contribution in [1.82, 2.24) is 9.69 Å². The molecular weight excluding hydrogens is 304 g/mol. The molecule has 0 saturated carbocycles. The number of unbranched alkanes of at least 4 members (excludes halogenated alkanes) is 3. The average Bonchev–Trinajstić information content (AvgIpc) is 2.78. The highest BCUT2D eigenvalue weighted by atomic mass is 32.2. The lowest BCUT2D eigenvalue weighted by Crippen LogP contribution is -2.30. The molecule has 0 bridgehead atoms. The van der Waals surface area contributed by atoms with Gasteiger partial charge in [0.2, 0.25) is 0 Å². The van der Waals surface area contributed by atoms with Crippen LogP contribution in [0.1, 0.15) is 49.9 Å². The maximum Gasteiger partial charge on any atom is 0.258 e. The zero-order chi connectivity index (χ0) is 15.7. The van der Waals surface area contributed by atoms with Gasteiger partial charge in [0.05, 0.1) is 0 Å². The summed E-state index contributed by atoms with van der Waals surface area (Å²) in [7, 11) is 0. The molecule has 1 aromatic heterocycles. The fourth-order valence-electron chi connectivity index (χ4n) is 1.90. The molecule has 0 fully saturated rings. The molecule has 0 aliphatic carbocycles. The van der Waals surface area contributed by atoms with Crippen LogP contribution >= 0.6 is 23.3 Å². The summed E-state index contributed by atoms with van der Waals surface area (Å²) < 4.78 is 4.08. The lowest BCUT2D eigenvalue weighted by Gasteiger charge is -2.10. The number of rotatable bonds is 10. The van der Waals surface area contributed by atoms with Gasteiger partial charge in [0.15, 0.2) is 5.82 Å². The van der Waals surface area contributed by atoms with Crippen molar-refractivity contribution in [2.75, 3.05) is 29.6 Å². The van der Waals surface area contributed by atoms with Crippen LogP contribution in [0, 0.1) is 0 Å². The molecule has 1 aromatic rings. The number of hydrogen-bond donors (Lipinski definition) is 3. The van der Waals surface area contributed by atoms with E-state index < -0.39 is 0 Å². The molecule has 0 saturated heterocycles. The summed E-state index contributed by atoms with van der Waals surface area (Å²) in [6.45, 7) is 4.70. The number of hydrogen-bond acceptors (Lipinski definition) is 6. The van der Waals surface area contributed by atoms with Crippen LogP contribution in [0.4, 0.5) is 10.8 Å². The van der Waals surface area contributed by atoms with E-state index in [0.29, 0.717) is 11.4 Å². The molecule has 0 unspecified atom stereocenters. The number of nitrogens with one attached hydrogen (secondary N) is 2. The summed E-state index contributed by atoms with van der Waals surface area (Å²) in [5, 5.41) is 6.92. The molecule has 0 aromatic carbocycles. The zero-order valence-corrected chi connectivity index (χ0v) is 14.7. The topological polar surface area (TPSA) is 80.0 Å². The number of nitrogen functional groups attached to an aromatic ring is 1. The van der Waals surface area contributed by atoms with Crippen LogP contribution in [0.3, 0.4) is 0 Å². The van der Waals surface area contributed by atoms with E-state index >= 15 is 0 Å². The third kappa shape index (κ3) is 6.56. The Kier molecular flexibility index (Phi) is 8.52. The van der Waals surface area contributed by atoms with Gasteiger partial charge in [-0.15, -0.1) is 0 Å². The Bertz CT molecular complexity index is 435. The fraction of sp³-hybridized carbons (Fsp3) is 0.714. The Morgan fingerprint density at radius 3 is 2.71 bits per heavy atom. The average molecular weight is 331 g/mol. The van der Waals surface area contributed by atoms with E-state index in [1.54, 1.807) is 0 Å². The number of anilines is 2. The molecule has 5 nitrogen and oxygen atoms in total. The van der Waals surface area contributed by atoms with Crippen LogP contribution in [-0.4, -0.2) is 34.9 Å². The van der Waals surface area contributed by atoms with Gasteiger partial charge in [0.1, 0.15) is 10.6 Å². The number of nitrogens with two attached hydrogens (primary N) is 1. The predicted octanol–water partition coefficient (Wildman–Crippen LogP) is 3.20. The van der Waals surface area contributed by atoms with Crippen LogP contribution in [0.2, 0.25) is 0 Å². The van der Waals surface area contributed by atoms with E-state index in [9.17, 15) is 4.79 Å². The van der Waals surface area contributed by atoms with Crippen molar-refractivity contribution in [2.45, 2.75) is 45.6 Å². The van der Waals surface area contributed by atoms with Gasteiger partial charge in [-0.05, 0) is 50.2 Å². The van der Waals surface area contributed by atoms with Gasteiger partial charge in [0, 0.05) is 12.6 Å². The van der Waals surface area contributed by atoms with Crippen LogP contribution in [-0.2, 0) is 0 Å². The summed E-state index contributed by atoms with van der Waals surface area (Å²) in [6.07, 6.45) is 6.97. The maximum atomic E-state index is 12.1. The first kappa shape index (κ1) is 18.1. The molecule has 1 rings (SSSR count). The van der Waals surface area contributed by atoms with E-state index in [0.717, 1.165) is 18.0 Å². The lowest BCUT2D eigenvalue weighted by atomic mass is 10.2. The van der Waals surface area contributed by atoms with Crippen molar-refractivity contribution in [3.63, 3.8) is 0 Å². The SMILES string of the molecule is CSCCCCCCNc1snc(N)c1C(=O)NC(C)C. The van der Waals surface area contributed by atoms with Crippen LogP contribution in [0.15, 0.2) is 0 Å². The molecule has 120 valence electrons. The summed E-state index contributed by atoms with van der Waals surface area (Å²) in [5.74, 6) is 1.39. The van der Waals surface area contributed by atoms with Gasteiger partial charge in [-0.2, -0.15) is 16.1 Å². The quantitative estimate of drug-likeness (QED) is 0.574. The Hall–Kier alpha value is -0.950. The molecule has 1 heterocycles. The number of amides is 1. The zero-order valence-electron chi connectivity index (χ0n) is 13.1. The van der Waals surface area contributed by atoms with Crippen LogP contribution in [0.25, 0.3) is 0 Å². The monoisotopic (exact) mass is 330 g/mol. The first-order chi connectivity index (χ1) is 10.1. The fourth-order valence-corrected chi connectivity index (χ4v) is 3.13. The summed E-state index contributed by atoms with van der Waals surface area (Å²) >= 11 is 3.15. The Labute approximate surface area is 135 Å². The molecule has 4 N–H and O–H groups in total. The molecule has 1 amide bonds. The molecular formula is C14H26N4OS2. The summed E-state index contributed by atoms with van der Waals surface area (Å²) in [4.78, 5) is 12.1. The number of aromatic nitrogens is 1. The summed E-state index contributed by atoms with van der Waals surface area (Å²) in [5.41, 5.74) is 6.28. The molecule has 0 aliphatic rings. The summed E-state index contributed by atoms with van der Waals surface area (Å²) in [6, 6.07) is 0.0843. The molecule has 0 radical (unpaired) electrons. The smallest absolute Gasteiger partial charge is 0.258 e. The van der Waals surface area contributed by atoms with E-state index in [-0.39, 0.29) is 11.9 Å². The normalized spacial score (nSPS) is 10.9. The first-order valence-corrected chi connectivity index (χ1v) is 9.51. The second-order valence-corrected chi connectivity index (χ2v) is 6.99. The molecule has 0 aliphatic heterocycles. The van der Waals surface area contributed by atoms with Crippen molar-refractivity contribution < 1.29 is 4.79 Å². The van der Waals surface area contributed by atoms with E-state index in [4.69, 9.17) is 5.73 Å². The standard InChI is InChI=1S/C14H26N4OS2/c1-10(2)17-13(19)11-12(15)18-21-14(11)16-8-6-4-5-7-9-20-3/h10,16H,4-9H2,1-3H3,(H2,15,18)(H,17,19). The van der Waals surface area contributed by atoms with E-state index in [1.165, 1.54) is 36.5 Å². The van der Waals surface area contributed by atoms with E-state index in [2.05, 4.69) is 21.3 Å². The van der Waals surface area contributed by atoms with Crippen LogP contribution < -0.4 is 16.4 Å². The number of carbonyl (C=O) groups is 1. The van der Waals surface area contributed by atoms with Gasteiger partial charge in [0.25, 0.3) is 5.91 Å². The highest BCUT2D eigenvalue weighted by molar-refractivity contribution is 7.98. The third-order valence-corrected chi connectivity index (χ3v) is 4.44. The minimum atomic E-state index is -0.154. The minimum absolute atomic E-state index is 0.0843. The number of nitrogens with zero attached hydrogens (tertiary/aromatic N) is 1. The lowest BCUT2D eigenvalue weighted by molar-refractivity contribution is 0.0945. The van der Waals surface area contributed by atoms with Crippen LogP contribution in [0.5, 0.6) is 0 Å². The highest BCUT2D eigenvalue weighted by Gasteiger charge is 2.19. The highest BCUT2D eigenvalue weighted by Crippen LogP contribution is 2.26. The number of thioether (sulfide) groups is 1. The predicted molar refractivity (Wildman–Crippen MR) is 94.5 cm³/mol. The molecule has 21 heavy (non-hydrogen) atoms. The van der Waals surface area contributed by atoms with Crippen molar-refractivity contribution in [3.8, 4) is 0 Å². The van der Waals surface area contributed by atoms with Crippen molar-refractivity contribution in [3.05, 3.63) is 5.56 Å². The van der Waals surface area contributed by atoms with Gasteiger partial charge in [-0.1, -0.05) is 12.8 Å². The molecule has 0 atom stereocenters. The molecule has 7 heteroatoms. The Morgan fingerprint density at radius 1 is 1.33 bits per heavy atom. The minimum Gasteiger partial charge on any atom is -0.382 e. The van der Waals surface area contributed by atoms with Gasteiger partial charge in [-0.3, -0.25) is 4.79 Å². The molecule has 0 spiro atoms. The van der Waals surface area contributed by atoms with Gasteiger partial charge < -0.3 is 16.4 Å². The first-order valence-electron chi connectivity index (χ1n) is 7.35.